The molecular weight excluding hydrogens is 395 g/mol. The average molecular weight is 419 g/mol. The van der Waals surface area contributed by atoms with E-state index in [9.17, 15) is 23.1 Å². The van der Waals surface area contributed by atoms with E-state index in [1.54, 1.807) is 4.90 Å². The Morgan fingerprint density at radius 2 is 1.77 bits per heavy atom. The van der Waals surface area contributed by atoms with E-state index < -0.39 is 23.4 Å². The number of carbonyl (C=O) groups excluding carboxylic acids is 1. The fraction of sp³-hybridized carbons (Fsp3) is 0.435. The van der Waals surface area contributed by atoms with Crippen LogP contribution in [0.4, 0.5) is 18.0 Å². The Morgan fingerprint density at radius 1 is 1.13 bits per heavy atom. The molecule has 2 heterocycles. The number of alkyl halides is 3. The lowest BCUT2D eigenvalue weighted by Crippen LogP contribution is -2.52. The van der Waals surface area contributed by atoms with Gasteiger partial charge in [-0.3, -0.25) is 0 Å². The minimum Gasteiger partial charge on any atom is -0.445 e. The molecule has 0 spiro atoms. The smallest absolute Gasteiger partial charge is 0.416 e. The molecule has 2 aliphatic rings. The Balaban J connectivity index is 1.48. The minimum atomic E-state index is -4.42. The van der Waals surface area contributed by atoms with Gasteiger partial charge in [0.05, 0.1) is 11.2 Å². The summed E-state index contributed by atoms with van der Waals surface area (Å²) in [4.78, 5) is 14.4. The standard InChI is InChI=1S/C23H24F3NO3/c1-15-11-17(7-10-20(15)23(24,25)26)22(29)12-18-8-9-19(13-22)27(18)21(28)30-14-16-5-3-2-4-6-16/h2-7,10-11,18-19,29H,8-9,12-14H2,1H3. The number of benzene rings is 2. The van der Waals surface area contributed by atoms with Crippen molar-refractivity contribution in [2.45, 2.75) is 63.1 Å². The molecule has 0 saturated carbocycles. The van der Waals surface area contributed by atoms with Crippen LogP contribution in [0.5, 0.6) is 0 Å². The molecule has 2 aliphatic heterocycles. The largest absolute Gasteiger partial charge is 0.445 e. The molecule has 1 N–H and O–H groups in total. The van der Waals surface area contributed by atoms with Crippen LogP contribution in [0.25, 0.3) is 0 Å². The van der Waals surface area contributed by atoms with Crippen LogP contribution >= 0.6 is 0 Å². The van der Waals surface area contributed by atoms with Crippen LogP contribution in [0.3, 0.4) is 0 Å². The van der Waals surface area contributed by atoms with Crippen molar-refractivity contribution in [2.75, 3.05) is 0 Å². The maximum atomic E-state index is 13.1. The van der Waals surface area contributed by atoms with Gasteiger partial charge in [-0.2, -0.15) is 13.2 Å². The summed E-state index contributed by atoms with van der Waals surface area (Å²) < 4.78 is 44.7. The van der Waals surface area contributed by atoms with Gasteiger partial charge >= 0.3 is 12.3 Å². The number of piperidine rings is 1. The lowest BCUT2D eigenvalue weighted by Gasteiger charge is -2.43. The van der Waals surface area contributed by atoms with E-state index in [1.165, 1.54) is 19.1 Å². The number of aliphatic hydroxyl groups is 1. The lowest BCUT2D eigenvalue weighted by molar-refractivity contribution is -0.138. The molecule has 2 bridgehead atoms. The van der Waals surface area contributed by atoms with Crippen LogP contribution in [-0.2, 0) is 23.1 Å². The number of hydrogen-bond acceptors (Lipinski definition) is 3. The van der Waals surface area contributed by atoms with Crippen molar-refractivity contribution in [1.82, 2.24) is 4.90 Å². The van der Waals surface area contributed by atoms with Gasteiger partial charge in [0.1, 0.15) is 6.61 Å². The van der Waals surface area contributed by atoms with Gasteiger partial charge in [-0.25, -0.2) is 4.79 Å². The summed E-state index contributed by atoms with van der Waals surface area (Å²) in [5.74, 6) is 0. The quantitative estimate of drug-likeness (QED) is 0.747. The van der Waals surface area contributed by atoms with E-state index in [0.717, 1.165) is 24.5 Å². The van der Waals surface area contributed by atoms with Crippen LogP contribution in [0, 0.1) is 6.92 Å². The van der Waals surface area contributed by atoms with Crippen molar-refractivity contribution in [1.29, 1.82) is 0 Å². The molecule has 160 valence electrons. The zero-order valence-corrected chi connectivity index (χ0v) is 16.7. The predicted octanol–water partition coefficient (Wildman–Crippen LogP) is 5.17. The van der Waals surface area contributed by atoms with E-state index in [4.69, 9.17) is 4.74 Å². The fourth-order valence-electron chi connectivity index (χ4n) is 4.82. The van der Waals surface area contributed by atoms with Gasteiger partial charge in [0.25, 0.3) is 0 Å². The maximum Gasteiger partial charge on any atom is 0.416 e. The van der Waals surface area contributed by atoms with Gasteiger partial charge in [-0.15, -0.1) is 0 Å². The van der Waals surface area contributed by atoms with E-state index >= 15 is 0 Å². The Hall–Kier alpha value is -2.54. The molecule has 2 unspecified atom stereocenters. The first kappa shape index (κ1) is 20.7. The molecule has 0 aliphatic carbocycles. The van der Waals surface area contributed by atoms with Gasteiger partial charge in [0.2, 0.25) is 0 Å². The van der Waals surface area contributed by atoms with Gasteiger partial charge < -0.3 is 14.7 Å². The highest BCUT2D eigenvalue weighted by molar-refractivity contribution is 5.69. The highest BCUT2D eigenvalue weighted by atomic mass is 19.4. The molecule has 4 nitrogen and oxygen atoms in total. The van der Waals surface area contributed by atoms with Gasteiger partial charge in [-0.05, 0) is 42.5 Å². The maximum absolute atomic E-state index is 13.1. The van der Waals surface area contributed by atoms with Crippen molar-refractivity contribution < 1.29 is 27.8 Å². The third-order valence-electron chi connectivity index (χ3n) is 6.25. The van der Waals surface area contributed by atoms with Gasteiger partial charge in [0, 0.05) is 24.9 Å². The zero-order chi connectivity index (χ0) is 21.5. The summed E-state index contributed by atoms with van der Waals surface area (Å²) >= 11 is 0. The molecule has 2 atom stereocenters. The lowest BCUT2D eigenvalue weighted by atomic mass is 9.80. The summed E-state index contributed by atoms with van der Waals surface area (Å²) in [7, 11) is 0. The number of ether oxygens (including phenoxy) is 1. The SMILES string of the molecule is Cc1cc(C2(O)CC3CCC(C2)N3C(=O)OCc2ccccc2)ccc1C(F)(F)F. The third kappa shape index (κ3) is 3.90. The Labute approximate surface area is 173 Å². The fourth-order valence-corrected chi connectivity index (χ4v) is 4.82. The van der Waals surface area contributed by atoms with E-state index in [0.29, 0.717) is 5.56 Å². The second-order valence-corrected chi connectivity index (χ2v) is 8.30. The average Bonchev–Trinajstić information content (AvgIpc) is 2.98. The molecular formula is C23H24F3NO3. The Bertz CT molecular complexity index is 915. The Morgan fingerprint density at radius 3 is 2.33 bits per heavy atom. The van der Waals surface area contributed by atoms with E-state index in [2.05, 4.69) is 0 Å². The van der Waals surface area contributed by atoms with Crippen LogP contribution in [0.15, 0.2) is 48.5 Å². The van der Waals surface area contributed by atoms with Crippen molar-refractivity contribution >= 4 is 6.09 Å². The first-order valence-electron chi connectivity index (χ1n) is 10.1. The number of hydrogen-bond donors (Lipinski definition) is 1. The van der Waals surface area contributed by atoms with Gasteiger partial charge in [-0.1, -0.05) is 42.5 Å². The number of amides is 1. The monoisotopic (exact) mass is 419 g/mol. The zero-order valence-electron chi connectivity index (χ0n) is 16.7. The van der Waals surface area contributed by atoms with Crippen molar-refractivity contribution in [2.24, 2.45) is 0 Å². The van der Waals surface area contributed by atoms with Crippen LogP contribution in [-0.4, -0.2) is 28.2 Å². The van der Waals surface area contributed by atoms with Crippen molar-refractivity contribution in [3.05, 3.63) is 70.8 Å². The van der Waals surface area contributed by atoms with E-state index in [-0.39, 0.29) is 37.1 Å². The third-order valence-corrected chi connectivity index (χ3v) is 6.25. The molecule has 30 heavy (non-hydrogen) atoms. The van der Waals surface area contributed by atoms with E-state index in [1.807, 2.05) is 30.3 Å². The summed E-state index contributed by atoms with van der Waals surface area (Å²) in [6.45, 7) is 1.58. The highest BCUT2D eigenvalue weighted by Gasteiger charge is 2.50. The van der Waals surface area contributed by atoms with Gasteiger partial charge in [0.15, 0.2) is 0 Å². The first-order chi connectivity index (χ1) is 14.2. The normalized spacial score (nSPS) is 26.0. The molecule has 2 aromatic carbocycles. The summed E-state index contributed by atoms with van der Waals surface area (Å²) in [6, 6.07) is 12.8. The summed E-state index contributed by atoms with van der Waals surface area (Å²) in [5.41, 5.74) is -0.490. The number of nitrogens with zero attached hydrogens (tertiary/aromatic N) is 1. The molecule has 0 aromatic heterocycles. The molecule has 7 heteroatoms. The molecule has 1 amide bonds. The predicted molar refractivity (Wildman–Crippen MR) is 105 cm³/mol. The number of aryl methyl sites for hydroxylation is 1. The number of halogens is 3. The molecule has 2 aromatic rings. The van der Waals surface area contributed by atoms with Crippen LogP contribution in [0.2, 0.25) is 0 Å². The van der Waals surface area contributed by atoms with Crippen LogP contribution < -0.4 is 0 Å². The second kappa shape index (κ2) is 7.61. The number of fused-ring (bicyclic) bond motifs is 2. The van der Waals surface area contributed by atoms with Crippen molar-refractivity contribution in [3.8, 4) is 0 Å². The highest BCUT2D eigenvalue weighted by Crippen LogP contribution is 2.46. The van der Waals surface area contributed by atoms with Crippen molar-refractivity contribution in [3.63, 3.8) is 0 Å². The molecule has 0 radical (unpaired) electrons. The summed E-state index contributed by atoms with van der Waals surface area (Å²) in [6.07, 6.45) is -2.77. The molecule has 2 saturated heterocycles. The number of carbonyl (C=O) groups is 1. The summed E-state index contributed by atoms with van der Waals surface area (Å²) in [5, 5.41) is 11.3. The first-order valence-corrected chi connectivity index (χ1v) is 10.1. The van der Waals surface area contributed by atoms with Crippen LogP contribution in [0.1, 0.15) is 47.9 Å². The molecule has 2 fully saturated rings. The topological polar surface area (TPSA) is 49.8 Å². The Kier molecular flexibility index (Phi) is 5.26. The molecule has 4 rings (SSSR count). The minimum absolute atomic E-state index is 0.0884. The number of rotatable bonds is 3. The second-order valence-electron chi connectivity index (χ2n) is 8.30.